The van der Waals surface area contributed by atoms with Gasteiger partial charge in [0.1, 0.15) is 0 Å². The van der Waals surface area contributed by atoms with Gasteiger partial charge in [0.05, 0.1) is 6.54 Å². The van der Waals surface area contributed by atoms with Gasteiger partial charge in [-0.05, 0) is 71.2 Å². The molecule has 0 bridgehead atoms. The summed E-state index contributed by atoms with van der Waals surface area (Å²) in [5.74, 6) is 2.31. The van der Waals surface area contributed by atoms with Crippen LogP contribution in [0, 0.1) is 12.8 Å². The lowest BCUT2D eigenvalue weighted by Gasteiger charge is -2.30. The van der Waals surface area contributed by atoms with Crippen molar-refractivity contribution in [2.24, 2.45) is 5.92 Å². The Bertz CT molecular complexity index is 477. The number of hydrogen-bond donors (Lipinski definition) is 1. The van der Waals surface area contributed by atoms with E-state index in [1.165, 1.54) is 64.8 Å². The van der Waals surface area contributed by atoms with Crippen molar-refractivity contribution in [3.63, 3.8) is 0 Å². The summed E-state index contributed by atoms with van der Waals surface area (Å²) in [6.45, 7) is 8.79. The van der Waals surface area contributed by atoms with Crippen LogP contribution in [0.2, 0.25) is 0 Å². The van der Waals surface area contributed by atoms with Crippen molar-refractivity contribution in [3.05, 3.63) is 11.7 Å². The van der Waals surface area contributed by atoms with Crippen molar-refractivity contribution in [2.75, 3.05) is 39.8 Å². The van der Waals surface area contributed by atoms with Crippen LogP contribution >= 0.6 is 12.4 Å². The van der Waals surface area contributed by atoms with E-state index in [4.69, 9.17) is 4.52 Å². The van der Waals surface area contributed by atoms with Crippen LogP contribution in [0.15, 0.2) is 4.52 Å². The molecule has 138 valence electrons. The molecule has 3 heterocycles. The molecule has 2 aliphatic heterocycles. The molecule has 2 atom stereocenters. The molecule has 2 saturated heterocycles. The quantitative estimate of drug-likeness (QED) is 0.870. The van der Waals surface area contributed by atoms with Gasteiger partial charge in [0.15, 0.2) is 5.82 Å². The van der Waals surface area contributed by atoms with Gasteiger partial charge >= 0.3 is 0 Å². The monoisotopic (exact) mass is 357 g/mol. The van der Waals surface area contributed by atoms with Crippen molar-refractivity contribution in [1.82, 2.24) is 25.3 Å². The lowest BCUT2D eigenvalue weighted by molar-refractivity contribution is 0.189. The SMILES string of the molecule is Cc1nc(CN(C)C2CCCN(CC3CCCNC3)CC2)no1.Cl. The Kier molecular flexibility index (Phi) is 7.94. The average molecular weight is 358 g/mol. The molecule has 0 spiro atoms. The highest BCUT2D eigenvalue weighted by Crippen LogP contribution is 2.19. The molecule has 0 amide bonds. The van der Waals surface area contributed by atoms with Crippen molar-refractivity contribution >= 4 is 12.4 Å². The largest absolute Gasteiger partial charge is 0.340 e. The zero-order valence-electron chi connectivity index (χ0n) is 15.0. The second-order valence-corrected chi connectivity index (χ2v) is 7.24. The molecule has 2 aliphatic rings. The fraction of sp³-hybridized carbons (Fsp3) is 0.882. The van der Waals surface area contributed by atoms with Gasteiger partial charge in [0.25, 0.3) is 0 Å². The maximum atomic E-state index is 5.08. The topological polar surface area (TPSA) is 57.4 Å². The van der Waals surface area contributed by atoms with Crippen LogP contribution in [0.1, 0.15) is 43.8 Å². The predicted molar refractivity (Wildman–Crippen MR) is 97.4 cm³/mol. The van der Waals surface area contributed by atoms with Crippen LogP contribution in [0.5, 0.6) is 0 Å². The molecule has 0 aliphatic carbocycles. The summed E-state index contributed by atoms with van der Waals surface area (Å²) >= 11 is 0. The highest BCUT2D eigenvalue weighted by Gasteiger charge is 2.23. The summed E-state index contributed by atoms with van der Waals surface area (Å²) in [5.41, 5.74) is 0. The predicted octanol–water partition coefficient (Wildman–Crippen LogP) is 2.09. The minimum Gasteiger partial charge on any atom is -0.340 e. The number of hydrogen-bond acceptors (Lipinski definition) is 6. The van der Waals surface area contributed by atoms with Gasteiger partial charge in [-0.3, -0.25) is 4.90 Å². The average Bonchev–Trinajstić information content (AvgIpc) is 2.82. The molecule has 0 saturated carbocycles. The highest BCUT2D eigenvalue weighted by atomic mass is 35.5. The number of piperidine rings is 1. The van der Waals surface area contributed by atoms with Crippen LogP contribution in [0.25, 0.3) is 0 Å². The molecule has 0 radical (unpaired) electrons. The van der Waals surface area contributed by atoms with Crippen molar-refractivity contribution in [1.29, 1.82) is 0 Å². The van der Waals surface area contributed by atoms with E-state index >= 15 is 0 Å². The number of nitrogens with zero attached hydrogens (tertiary/aromatic N) is 4. The Morgan fingerprint density at radius 3 is 2.83 bits per heavy atom. The molecule has 1 aromatic heterocycles. The smallest absolute Gasteiger partial charge is 0.223 e. The molecule has 0 aromatic carbocycles. The summed E-state index contributed by atoms with van der Waals surface area (Å²) in [6.07, 6.45) is 6.54. The van der Waals surface area contributed by atoms with Gasteiger partial charge in [0, 0.05) is 19.5 Å². The second-order valence-electron chi connectivity index (χ2n) is 7.24. The first kappa shape index (κ1) is 19.6. The second kappa shape index (κ2) is 9.70. The standard InChI is InChI=1S/C17H31N5O.ClH/c1-14-19-17(20-23-14)13-21(2)16-6-4-9-22(10-7-16)12-15-5-3-8-18-11-15;/h15-16,18H,3-13H2,1-2H3;1H. The summed E-state index contributed by atoms with van der Waals surface area (Å²) in [7, 11) is 2.19. The Morgan fingerprint density at radius 1 is 1.25 bits per heavy atom. The number of nitrogens with one attached hydrogen (secondary N) is 1. The molecule has 1 N–H and O–H groups in total. The Morgan fingerprint density at radius 2 is 2.12 bits per heavy atom. The molecule has 1 aromatic rings. The van der Waals surface area contributed by atoms with Gasteiger partial charge in [-0.2, -0.15) is 4.98 Å². The molecule has 3 rings (SSSR count). The normalized spacial score (nSPS) is 26.1. The third kappa shape index (κ3) is 5.69. The van der Waals surface area contributed by atoms with E-state index in [-0.39, 0.29) is 12.4 Å². The van der Waals surface area contributed by atoms with Gasteiger partial charge in [0.2, 0.25) is 5.89 Å². The molecule has 2 unspecified atom stereocenters. The van der Waals surface area contributed by atoms with E-state index < -0.39 is 0 Å². The fourth-order valence-electron chi connectivity index (χ4n) is 3.96. The van der Waals surface area contributed by atoms with E-state index in [1.54, 1.807) is 0 Å². The highest BCUT2D eigenvalue weighted by molar-refractivity contribution is 5.85. The third-order valence-corrected chi connectivity index (χ3v) is 5.29. The summed E-state index contributed by atoms with van der Waals surface area (Å²) in [6, 6.07) is 0.628. The first-order valence-electron chi connectivity index (χ1n) is 9.13. The van der Waals surface area contributed by atoms with Gasteiger partial charge in [-0.15, -0.1) is 12.4 Å². The fourth-order valence-corrected chi connectivity index (χ4v) is 3.96. The molecule has 7 heteroatoms. The lowest BCUT2D eigenvalue weighted by atomic mass is 9.99. The van der Waals surface area contributed by atoms with Crippen LogP contribution in [-0.2, 0) is 6.54 Å². The van der Waals surface area contributed by atoms with Crippen LogP contribution in [0.4, 0.5) is 0 Å². The van der Waals surface area contributed by atoms with Gasteiger partial charge in [-0.1, -0.05) is 5.16 Å². The van der Waals surface area contributed by atoms with Crippen molar-refractivity contribution < 1.29 is 4.52 Å². The summed E-state index contributed by atoms with van der Waals surface area (Å²) in [5, 5.41) is 7.56. The van der Waals surface area contributed by atoms with Crippen LogP contribution < -0.4 is 5.32 Å². The molecular formula is C17H32ClN5O. The molecule has 24 heavy (non-hydrogen) atoms. The van der Waals surface area contributed by atoms with E-state index in [0.717, 1.165) is 18.3 Å². The molecule has 2 fully saturated rings. The van der Waals surface area contributed by atoms with Crippen molar-refractivity contribution in [2.45, 2.75) is 51.6 Å². The first-order valence-corrected chi connectivity index (χ1v) is 9.13. The zero-order chi connectivity index (χ0) is 16.1. The number of likely N-dealkylation sites (tertiary alicyclic amines) is 1. The Hall–Kier alpha value is -0.690. The third-order valence-electron chi connectivity index (χ3n) is 5.29. The summed E-state index contributed by atoms with van der Waals surface area (Å²) < 4.78 is 5.08. The van der Waals surface area contributed by atoms with E-state index in [1.807, 2.05) is 6.92 Å². The summed E-state index contributed by atoms with van der Waals surface area (Å²) in [4.78, 5) is 9.41. The first-order chi connectivity index (χ1) is 11.2. The minimum atomic E-state index is 0. The maximum Gasteiger partial charge on any atom is 0.223 e. The molecule has 6 nitrogen and oxygen atoms in total. The van der Waals surface area contributed by atoms with E-state index in [9.17, 15) is 0 Å². The molecular weight excluding hydrogens is 326 g/mol. The van der Waals surface area contributed by atoms with Crippen LogP contribution in [0.3, 0.4) is 0 Å². The van der Waals surface area contributed by atoms with E-state index in [2.05, 4.69) is 32.3 Å². The number of aromatic nitrogens is 2. The Balaban J connectivity index is 0.00000208. The number of aryl methyl sites for hydroxylation is 1. The minimum absolute atomic E-state index is 0. The van der Waals surface area contributed by atoms with E-state index in [0.29, 0.717) is 11.9 Å². The van der Waals surface area contributed by atoms with Crippen LogP contribution in [-0.4, -0.2) is 65.8 Å². The maximum absolute atomic E-state index is 5.08. The van der Waals surface area contributed by atoms with Gasteiger partial charge in [-0.25, -0.2) is 0 Å². The van der Waals surface area contributed by atoms with Crippen molar-refractivity contribution in [3.8, 4) is 0 Å². The van der Waals surface area contributed by atoms with Gasteiger partial charge < -0.3 is 14.7 Å². The number of halogens is 1. The zero-order valence-corrected chi connectivity index (χ0v) is 15.9. The lowest BCUT2D eigenvalue weighted by Crippen LogP contribution is -2.39. The Labute approximate surface area is 151 Å². The number of rotatable bonds is 5.